The zero-order chi connectivity index (χ0) is 14.9. The highest BCUT2D eigenvalue weighted by Crippen LogP contribution is 2.21. The predicted molar refractivity (Wildman–Crippen MR) is 70.8 cm³/mol. The number of carbonyl (C=O) groups is 3. The van der Waals surface area contributed by atoms with Crippen LogP contribution in [0.25, 0.3) is 0 Å². The van der Waals surface area contributed by atoms with Gasteiger partial charge in [0, 0.05) is 5.69 Å². The van der Waals surface area contributed by atoms with Gasteiger partial charge in [-0.15, -0.1) is 0 Å². The van der Waals surface area contributed by atoms with Gasteiger partial charge in [0.25, 0.3) is 11.8 Å². The number of rotatable bonds is 3. The normalized spacial score (nSPS) is 14.5. The van der Waals surface area contributed by atoms with Crippen LogP contribution in [0, 0.1) is 23.2 Å². The second kappa shape index (κ2) is 5.13. The van der Waals surface area contributed by atoms with E-state index in [1.807, 2.05) is 6.07 Å². The molecule has 0 saturated carbocycles. The molecule has 6 heteroatoms. The monoisotopic (exact) mass is 271 g/mol. The van der Waals surface area contributed by atoms with E-state index in [9.17, 15) is 14.4 Å². The van der Waals surface area contributed by atoms with E-state index >= 15 is 0 Å². The van der Waals surface area contributed by atoms with Gasteiger partial charge in [0.15, 0.2) is 0 Å². The van der Waals surface area contributed by atoms with E-state index in [-0.39, 0.29) is 17.0 Å². The number of nitriles is 1. The quantitative estimate of drug-likeness (QED) is 0.809. The number of nitrogens with one attached hydrogen (secondary N) is 2. The van der Waals surface area contributed by atoms with Crippen molar-refractivity contribution in [1.29, 1.82) is 5.26 Å². The van der Waals surface area contributed by atoms with Crippen molar-refractivity contribution < 1.29 is 14.4 Å². The summed E-state index contributed by atoms with van der Waals surface area (Å²) in [6.45, 7) is 3.56. The van der Waals surface area contributed by atoms with Crippen molar-refractivity contribution in [1.82, 2.24) is 5.32 Å². The van der Waals surface area contributed by atoms with Gasteiger partial charge in [-0.1, -0.05) is 13.8 Å². The highest BCUT2D eigenvalue weighted by atomic mass is 16.2. The molecule has 1 heterocycles. The van der Waals surface area contributed by atoms with Crippen molar-refractivity contribution >= 4 is 23.4 Å². The number of imide groups is 1. The minimum Gasteiger partial charge on any atom is -0.325 e. The van der Waals surface area contributed by atoms with E-state index in [1.165, 1.54) is 18.2 Å². The summed E-state index contributed by atoms with van der Waals surface area (Å²) in [4.78, 5) is 34.8. The van der Waals surface area contributed by atoms with Gasteiger partial charge in [0.2, 0.25) is 5.91 Å². The molecule has 0 aromatic heterocycles. The van der Waals surface area contributed by atoms with E-state index in [1.54, 1.807) is 13.8 Å². The average molecular weight is 271 g/mol. The number of hydrogen-bond acceptors (Lipinski definition) is 4. The van der Waals surface area contributed by atoms with Crippen molar-refractivity contribution in [2.75, 3.05) is 5.32 Å². The average Bonchev–Trinajstić information content (AvgIpc) is 2.65. The van der Waals surface area contributed by atoms with Crippen molar-refractivity contribution in [2.24, 2.45) is 11.8 Å². The topological polar surface area (TPSA) is 99.1 Å². The Morgan fingerprint density at radius 1 is 1.25 bits per heavy atom. The molecule has 1 unspecified atom stereocenters. The zero-order valence-corrected chi connectivity index (χ0v) is 11.1. The SMILES string of the molecule is CC(C)C(C#N)C(=O)Nc1ccc2c(c1)C(=O)NC2=O. The summed E-state index contributed by atoms with van der Waals surface area (Å²) < 4.78 is 0. The standard InChI is InChI=1S/C14H13N3O3/c1-7(2)11(6-15)14(20)16-8-3-4-9-10(5-8)13(19)17-12(9)18/h3-5,7,11H,1-2H3,(H,16,20)(H,17,18,19). The first kappa shape index (κ1) is 13.7. The summed E-state index contributed by atoms with van der Waals surface area (Å²) in [5.74, 6) is -2.23. The van der Waals surface area contributed by atoms with E-state index in [2.05, 4.69) is 10.6 Å². The Morgan fingerprint density at radius 3 is 2.50 bits per heavy atom. The van der Waals surface area contributed by atoms with Crippen molar-refractivity contribution in [3.05, 3.63) is 29.3 Å². The van der Waals surface area contributed by atoms with Crippen LogP contribution in [0.1, 0.15) is 34.6 Å². The molecule has 2 N–H and O–H groups in total. The fourth-order valence-electron chi connectivity index (χ4n) is 1.98. The number of fused-ring (bicyclic) bond motifs is 1. The smallest absolute Gasteiger partial charge is 0.259 e. The number of benzene rings is 1. The van der Waals surface area contributed by atoms with Gasteiger partial charge < -0.3 is 5.32 Å². The lowest BCUT2D eigenvalue weighted by atomic mass is 9.96. The molecule has 0 radical (unpaired) electrons. The Hall–Kier alpha value is -2.68. The van der Waals surface area contributed by atoms with Gasteiger partial charge in [-0.2, -0.15) is 5.26 Å². The molecule has 1 aromatic rings. The van der Waals surface area contributed by atoms with E-state index in [4.69, 9.17) is 5.26 Å². The maximum Gasteiger partial charge on any atom is 0.259 e. The minimum absolute atomic E-state index is 0.112. The summed E-state index contributed by atoms with van der Waals surface area (Å²) in [6, 6.07) is 6.38. The lowest BCUT2D eigenvalue weighted by molar-refractivity contribution is -0.119. The maximum absolute atomic E-state index is 11.9. The highest BCUT2D eigenvalue weighted by molar-refractivity contribution is 6.22. The molecule has 2 rings (SSSR count). The number of carbonyl (C=O) groups excluding carboxylic acids is 3. The van der Waals surface area contributed by atoms with Crippen LogP contribution in [-0.2, 0) is 4.79 Å². The first-order valence-corrected chi connectivity index (χ1v) is 6.14. The number of nitrogens with zero attached hydrogens (tertiary/aromatic N) is 1. The zero-order valence-electron chi connectivity index (χ0n) is 11.1. The molecule has 3 amide bonds. The van der Waals surface area contributed by atoms with Gasteiger partial charge in [0.1, 0.15) is 5.92 Å². The third kappa shape index (κ3) is 2.38. The van der Waals surface area contributed by atoms with Crippen LogP contribution in [-0.4, -0.2) is 17.7 Å². The Balaban J connectivity index is 2.22. The van der Waals surface area contributed by atoms with Gasteiger partial charge in [-0.3, -0.25) is 19.7 Å². The summed E-state index contributed by atoms with van der Waals surface area (Å²) in [6.07, 6.45) is 0. The molecule has 6 nitrogen and oxygen atoms in total. The summed E-state index contributed by atoms with van der Waals surface area (Å²) >= 11 is 0. The summed E-state index contributed by atoms with van der Waals surface area (Å²) in [5.41, 5.74) is 0.902. The van der Waals surface area contributed by atoms with Crippen molar-refractivity contribution in [3.63, 3.8) is 0 Å². The summed E-state index contributed by atoms with van der Waals surface area (Å²) in [7, 11) is 0. The third-order valence-corrected chi connectivity index (χ3v) is 3.09. The number of hydrogen-bond donors (Lipinski definition) is 2. The first-order chi connectivity index (χ1) is 9.43. The van der Waals surface area contributed by atoms with E-state index in [0.29, 0.717) is 5.69 Å². The molecule has 102 valence electrons. The van der Waals surface area contributed by atoms with Crippen molar-refractivity contribution in [3.8, 4) is 6.07 Å². The van der Waals surface area contributed by atoms with Crippen LogP contribution in [0.2, 0.25) is 0 Å². The Bertz CT molecular complexity index is 644. The van der Waals surface area contributed by atoms with Crippen LogP contribution in [0.4, 0.5) is 5.69 Å². The third-order valence-electron chi connectivity index (χ3n) is 3.09. The Labute approximate surface area is 115 Å². The lowest BCUT2D eigenvalue weighted by Gasteiger charge is -2.13. The van der Waals surface area contributed by atoms with Crippen LogP contribution < -0.4 is 10.6 Å². The second-order valence-electron chi connectivity index (χ2n) is 4.88. The molecule has 0 aliphatic carbocycles. The number of amides is 3. The molecular weight excluding hydrogens is 258 g/mol. The molecule has 0 fully saturated rings. The van der Waals surface area contributed by atoms with Crippen LogP contribution in [0.15, 0.2) is 18.2 Å². The molecule has 1 aliphatic rings. The van der Waals surface area contributed by atoms with E-state index < -0.39 is 23.6 Å². The molecule has 1 aliphatic heterocycles. The first-order valence-electron chi connectivity index (χ1n) is 6.14. The fourth-order valence-corrected chi connectivity index (χ4v) is 1.98. The van der Waals surface area contributed by atoms with Crippen LogP contribution in [0.3, 0.4) is 0 Å². The minimum atomic E-state index is -0.765. The molecule has 1 atom stereocenters. The number of anilines is 1. The van der Waals surface area contributed by atoms with Crippen LogP contribution >= 0.6 is 0 Å². The van der Waals surface area contributed by atoms with Gasteiger partial charge in [-0.25, -0.2) is 0 Å². The second-order valence-corrected chi connectivity index (χ2v) is 4.88. The van der Waals surface area contributed by atoms with Gasteiger partial charge in [0.05, 0.1) is 17.2 Å². The molecule has 0 spiro atoms. The predicted octanol–water partition coefficient (Wildman–Crippen LogP) is 1.30. The molecule has 20 heavy (non-hydrogen) atoms. The van der Waals surface area contributed by atoms with Gasteiger partial charge in [-0.05, 0) is 24.1 Å². The highest BCUT2D eigenvalue weighted by Gasteiger charge is 2.27. The molecule has 0 saturated heterocycles. The van der Waals surface area contributed by atoms with Gasteiger partial charge >= 0.3 is 0 Å². The molecule has 0 bridgehead atoms. The summed E-state index contributed by atoms with van der Waals surface area (Å²) in [5, 5.41) is 13.7. The molecule has 1 aromatic carbocycles. The van der Waals surface area contributed by atoms with E-state index in [0.717, 1.165) is 0 Å². The van der Waals surface area contributed by atoms with Crippen molar-refractivity contribution in [2.45, 2.75) is 13.8 Å². The maximum atomic E-state index is 11.9. The molecular formula is C14H13N3O3. The fraction of sp³-hybridized carbons (Fsp3) is 0.286. The Morgan fingerprint density at radius 2 is 1.90 bits per heavy atom. The van der Waals surface area contributed by atoms with Crippen LogP contribution in [0.5, 0.6) is 0 Å². The largest absolute Gasteiger partial charge is 0.325 e. The Kier molecular flexibility index (Phi) is 3.53. The lowest BCUT2D eigenvalue weighted by Crippen LogP contribution is -2.25.